The summed E-state index contributed by atoms with van der Waals surface area (Å²) in [6.45, 7) is 1.77. The van der Waals surface area contributed by atoms with Crippen molar-refractivity contribution in [3.05, 3.63) is 83.9 Å². The largest absolute Gasteiger partial charge is 0.323 e. The number of benzene rings is 3. The molecule has 1 heterocycles. The molecule has 3 aromatic rings. The molecular formula is C23H21N3O4S. The number of para-hydroxylation sites is 2. The van der Waals surface area contributed by atoms with Crippen LogP contribution in [-0.2, 0) is 14.8 Å². The SMILES string of the molecule is Cc1ccc(S(=O)(=O)N(C)c2cccc(C(=O)N3CC(=O)Nc4ccccc43)c2)cc1. The lowest BCUT2D eigenvalue weighted by molar-refractivity contribution is -0.115. The molecule has 1 N–H and O–H groups in total. The van der Waals surface area contributed by atoms with Gasteiger partial charge in [0.15, 0.2) is 0 Å². The van der Waals surface area contributed by atoms with Gasteiger partial charge < -0.3 is 5.32 Å². The number of sulfonamides is 1. The van der Waals surface area contributed by atoms with Crippen LogP contribution in [0, 0.1) is 6.92 Å². The van der Waals surface area contributed by atoms with Crippen LogP contribution in [0.15, 0.2) is 77.7 Å². The van der Waals surface area contributed by atoms with Crippen LogP contribution < -0.4 is 14.5 Å². The molecule has 0 saturated heterocycles. The Balaban J connectivity index is 1.67. The third-order valence-electron chi connectivity index (χ3n) is 5.15. The summed E-state index contributed by atoms with van der Waals surface area (Å²) in [4.78, 5) is 26.8. The number of fused-ring (bicyclic) bond motifs is 1. The van der Waals surface area contributed by atoms with E-state index < -0.39 is 10.0 Å². The van der Waals surface area contributed by atoms with Crippen molar-refractivity contribution in [2.24, 2.45) is 0 Å². The maximum atomic E-state index is 13.2. The smallest absolute Gasteiger partial charge is 0.264 e. The van der Waals surface area contributed by atoms with Crippen molar-refractivity contribution in [2.45, 2.75) is 11.8 Å². The quantitative estimate of drug-likeness (QED) is 0.680. The Hall–Kier alpha value is -3.65. The van der Waals surface area contributed by atoms with E-state index in [-0.39, 0.29) is 28.8 Å². The van der Waals surface area contributed by atoms with Crippen LogP contribution in [0.25, 0.3) is 0 Å². The van der Waals surface area contributed by atoms with Crippen LogP contribution in [0.2, 0.25) is 0 Å². The number of rotatable bonds is 4. The van der Waals surface area contributed by atoms with Gasteiger partial charge in [0, 0.05) is 12.6 Å². The molecule has 0 fully saturated rings. The fourth-order valence-corrected chi connectivity index (χ4v) is 4.60. The summed E-state index contributed by atoms with van der Waals surface area (Å²) in [5.41, 5.74) is 2.75. The Kier molecular flexibility index (Phi) is 5.24. The molecule has 8 heteroatoms. The summed E-state index contributed by atoms with van der Waals surface area (Å²) >= 11 is 0. The van der Waals surface area contributed by atoms with Crippen molar-refractivity contribution < 1.29 is 18.0 Å². The van der Waals surface area contributed by atoms with Gasteiger partial charge in [-0.1, -0.05) is 35.9 Å². The number of nitrogens with zero attached hydrogens (tertiary/aromatic N) is 2. The lowest BCUT2D eigenvalue weighted by atomic mass is 10.1. The first-order chi connectivity index (χ1) is 14.8. The molecule has 158 valence electrons. The lowest BCUT2D eigenvalue weighted by Crippen LogP contribution is -2.42. The molecule has 7 nitrogen and oxygen atoms in total. The van der Waals surface area contributed by atoms with E-state index in [9.17, 15) is 18.0 Å². The van der Waals surface area contributed by atoms with Crippen LogP contribution in [0.5, 0.6) is 0 Å². The topological polar surface area (TPSA) is 86.8 Å². The van der Waals surface area contributed by atoms with Crippen molar-refractivity contribution in [1.29, 1.82) is 0 Å². The Morgan fingerprint density at radius 1 is 1.00 bits per heavy atom. The van der Waals surface area contributed by atoms with Gasteiger partial charge >= 0.3 is 0 Å². The van der Waals surface area contributed by atoms with E-state index in [1.807, 2.05) is 6.92 Å². The molecule has 0 unspecified atom stereocenters. The van der Waals surface area contributed by atoms with E-state index in [1.165, 1.54) is 18.0 Å². The second-order valence-corrected chi connectivity index (χ2v) is 9.26. The molecule has 0 aromatic heterocycles. The summed E-state index contributed by atoms with van der Waals surface area (Å²) in [5, 5.41) is 2.75. The van der Waals surface area contributed by atoms with Gasteiger partial charge in [-0.05, 0) is 49.4 Å². The molecule has 31 heavy (non-hydrogen) atoms. The first-order valence-electron chi connectivity index (χ1n) is 9.64. The number of nitrogens with one attached hydrogen (secondary N) is 1. The van der Waals surface area contributed by atoms with Gasteiger partial charge in [-0.15, -0.1) is 0 Å². The highest BCUT2D eigenvalue weighted by Gasteiger charge is 2.28. The highest BCUT2D eigenvalue weighted by atomic mass is 32.2. The molecular weight excluding hydrogens is 414 g/mol. The van der Waals surface area contributed by atoms with Crippen molar-refractivity contribution in [1.82, 2.24) is 0 Å². The predicted octanol–water partition coefficient (Wildman–Crippen LogP) is 3.42. The van der Waals surface area contributed by atoms with Gasteiger partial charge in [0.1, 0.15) is 6.54 Å². The second kappa shape index (κ2) is 7.88. The van der Waals surface area contributed by atoms with Gasteiger partial charge in [-0.25, -0.2) is 8.42 Å². The van der Waals surface area contributed by atoms with Crippen LogP contribution in [0.3, 0.4) is 0 Å². The van der Waals surface area contributed by atoms with E-state index in [2.05, 4.69) is 5.32 Å². The zero-order valence-corrected chi connectivity index (χ0v) is 17.9. The van der Waals surface area contributed by atoms with Gasteiger partial charge in [0.2, 0.25) is 5.91 Å². The van der Waals surface area contributed by atoms with E-state index in [4.69, 9.17) is 0 Å². The molecule has 0 spiro atoms. The molecule has 2 amide bonds. The highest BCUT2D eigenvalue weighted by molar-refractivity contribution is 7.92. The fraction of sp³-hybridized carbons (Fsp3) is 0.130. The first kappa shape index (κ1) is 20.6. The highest BCUT2D eigenvalue weighted by Crippen LogP contribution is 2.31. The molecule has 3 aromatic carbocycles. The molecule has 0 bridgehead atoms. The predicted molar refractivity (Wildman–Crippen MR) is 120 cm³/mol. The molecule has 1 aliphatic rings. The number of anilines is 3. The molecule has 0 aliphatic carbocycles. The van der Waals surface area contributed by atoms with Gasteiger partial charge in [-0.2, -0.15) is 0 Å². The standard InChI is InChI=1S/C23H21N3O4S/c1-16-10-12-19(13-11-16)31(29,30)25(2)18-7-5-6-17(14-18)23(28)26-15-22(27)24-20-8-3-4-9-21(20)26/h3-14H,15H2,1-2H3,(H,24,27). The number of carbonyl (C=O) groups is 2. The Morgan fingerprint density at radius 2 is 1.71 bits per heavy atom. The van der Waals surface area contributed by atoms with Crippen molar-refractivity contribution in [3.8, 4) is 0 Å². The average Bonchev–Trinajstić information content (AvgIpc) is 2.77. The number of aryl methyl sites for hydroxylation is 1. The minimum atomic E-state index is -3.79. The van der Waals surface area contributed by atoms with Crippen molar-refractivity contribution >= 4 is 38.9 Å². The van der Waals surface area contributed by atoms with E-state index in [0.717, 1.165) is 9.87 Å². The van der Waals surface area contributed by atoms with Gasteiger partial charge in [-0.3, -0.25) is 18.8 Å². The zero-order valence-electron chi connectivity index (χ0n) is 17.1. The molecule has 1 aliphatic heterocycles. The lowest BCUT2D eigenvalue weighted by Gasteiger charge is -2.29. The van der Waals surface area contributed by atoms with E-state index in [1.54, 1.807) is 66.7 Å². The summed E-state index contributed by atoms with van der Waals surface area (Å²) in [5.74, 6) is -0.674. The van der Waals surface area contributed by atoms with E-state index in [0.29, 0.717) is 17.1 Å². The Morgan fingerprint density at radius 3 is 2.45 bits per heavy atom. The van der Waals surface area contributed by atoms with Crippen LogP contribution in [0.4, 0.5) is 17.1 Å². The van der Waals surface area contributed by atoms with Crippen molar-refractivity contribution in [3.63, 3.8) is 0 Å². The molecule has 0 atom stereocenters. The van der Waals surface area contributed by atoms with E-state index >= 15 is 0 Å². The zero-order chi connectivity index (χ0) is 22.2. The molecule has 0 radical (unpaired) electrons. The second-order valence-electron chi connectivity index (χ2n) is 7.29. The number of carbonyl (C=O) groups excluding carboxylic acids is 2. The Bertz CT molecular complexity index is 1270. The average molecular weight is 436 g/mol. The maximum Gasteiger partial charge on any atom is 0.264 e. The van der Waals surface area contributed by atoms with Crippen molar-refractivity contribution in [2.75, 3.05) is 28.1 Å². The van der Waals surface area contributed by atoms with Crippen LogP contribution in [-0.4, -0.2) is 33.8 Å². The first-order valence-corrected chi connectivity index (χ1v) is 11.1. The molecule has 0 saturated carbocycles. The normalized spacial score (nSPS) is 13.4. The van der Waals surface area contributed by atoms with Crippen LogP contribution >= 0.6 is 0 Å². The summed E-state index contributed by atoms with van der Waals surface area (Å²) in [7, 11) is -2.34. The number of hydrogen-bond donors (Lipinski definition) is 1. The third-order valence-corrected chi connectivity index (χ3v) is 6.95. The number of hydrogen-bond acceptors (Lipinski definition) is 4. The Labute approximate surface area is 181 Å². The van der Waals surface area contributed by atoms with Gasteiger partial charge in [0.05, 0.1) is 22.0 Å². The molecule has 4 rings (SSSR count). The fourth-order valence-electron chi connectivity index (χ4n) is 3.41. The summed E-state index contributed by atoms with van der Waals surface area (Å²) in [6.07, 6.45) is 0. The maximum absolute atomic E-state index is 13.2. The number of amides is 2. The minimum Gasteiger partial charge on any atom is -0.323 e. The minimum absolute atomic E-state index is 0.114. The van der Waals surface area contributed by atoms with Crippen LogP contribution in [0.1, 0.15) is 15.9 Å². The summed E-state index contributed by atoms with van der Waals surface area (Å²) < 4.78 is 27.2. The summed E-state index contributed by atoms with van der Waals surface area (Å²) in [6, 6.07) is 20.0. The monoisotopic (exact) mass is 435 g/mol. The third kappa shape index (κ3) is 3.89. The van der Waals surface area contributed by atoms with Gasteiger partial charge in [0.25, 0.3) is 15.9 Å².